The van der Waals surface area contributed by atoms with E-state index >= 15 is 0 Å². The van der Waals surface area contributed by atoms with Crippen molar-refractivity contribution in [3.05, 3.63) is 59.5 Å². The zero-order valence-electron chi connectivity index (χ0n) is 17.2. The maximum absolute atomic E-state index is 12.5. The molecule has 0 aliphatic carbocycles. The van der Waals surface area contributed by atoms with Gasteiger partial charge in [-0.25, -0.2) is 0 Å². The summed E-state index contributed by atoms with van der Waals surface area (Å²) in [6.07, 6.45) is 0.645. The molecule has 0 unspecified atom stereocenters. The van der Waals surface area contributed by atoms with Gasteiger partial charge in [-0.15, -0.1) is 0 Å². The van der Waals surface area contributed by atoms with Gasteiger partial charge in [0.25, 0.3) is 0 Å². The van der Waals surface area contributed by atoms with E-state index in [2.05, 4.69) is 32.5 Å². The molecule has 1 aliphatic rings. The molecule has 0 saturated carbocycles. The highest BCUT2D eigenvalue weighted by molar-refractivity contribution is 5.82. The maximum Gasteiger partial charge on any atom is 0.241 e. The van der Waals surface area contributed by atoms with E-state index in [-0.39, 0.29) is 11.9 Å². The van der Waals surface area contributed by atoms with Crippen molar-refractivity contribution in [3.8, 4) is 22.9 Å². The van der Waals surface area contributed by atoms with Crippen LogP contribution in [0, 0.1) is 0 Å². The summed E-state index contributed by atoms with van der Waals surface area (Å²) in [5.74, 6) is 2.11. The molecule has 0 fully saturated rings. The largest absolute Gasteiger partial charge is 0.493 e. The number of fused-ring (bicyclic) bond motifs is 1. The number of carbonyl (C=O) groups is 1. The van der Waals surface area contributed by atoms with Gasteiger partial charge in [0, 0.05) is 19.2 Å². The Morgan fingerprint density at radius 1 is 1.17 bits per heavy atom. The molecule has 156 valence electrons. The minimum absolute atomic E-state index is 0.0240. The molecule has 0 saturated heterocycles. The summed E-state index contributed by atoms with van der Waals surface area (Å²) < 4.78 is 16.1. The summed E-state index contributed by atoms with van der Waals surface area (Å²) in [5.41, 5.74) is 3.16. The van der Waals surface area contributed by atoms with Gasteiger partial charge in [0.1, 0.15) is 0 Å². The third-order valence-electron chi connectivity index (χ3n) is 5.34. The van der Waals surface area contributed by atoms with Crippen molar-refractivity contribution in [3.63, 3.8) is 0 Å². The second-order valence-electron chi connectivity index (χ2n) is 7.09. The van der Waals surface area contributed by atoms with E-state index in [4.69, 9.17) is 14.0 Å². The lowest BCUT2D eigenvalue weighted by molar-refractivity contribution is -0.127. The number of nitrogens with one attached hydrogen (secondary N) is 1. The topological polar surface area (TPSA) is 89.7 Å². The minimum Gasteiger partial charge on any atom is -0.493 e. The van der Waals surface area contributed by atoms with Crippen LogP contribution in [0.2, 0.25) is 0 Å². The molecular formula is C22H24N4O4. The van der Waals surface area contributed by atoms with Gasteiger partial charge < -0.3 is 19.3 Å². The van der Waals surface area contributed by atoms with Crippen LogP contribution in [-0.2, 0) is 24.3 Å². The number of aromatic nitrogens is 2. The molecule has 1 aromatic heterocycles. The first-order valence-electron chi connectivity index (χ1n) is 9.70. The van der Waals surface area contributed by atoms with Gasteiger partial charge in [-0.3, -0.25) is 9.69 Å². The quantitative estimate of drug-likeness (QED) is 0.670. The molecule has 1 amide bonds. The highest BCUT2D eigenvalue weighted by Gasteiger charge is 2.32. The fourth-order valence-electron chi connectivity index (χ4n) is 3.75. The highest BCUT2D eigenvalue weighted by Crippen LogP contribution is 2.31. The molecule has 2 heterocycles. The number of hydrogen-bond acceptors (Lipinski definition) is 7. The molecule has 2 aromatic carbocycles. The number of methoxy groups -OCH3 is 2. The first-order valence-corrected chi connectivity index (χ1v) is 9.70. The van der Waals surface area contributed by atoms with Crippen molar-refractivity contribution < 1.29 is 18.8 Å². The Morgan fingerprint density at radius 2 is 1.93 bits per heavy atom. The number of benzene rings is 2. The maximum atomic E-state index is 12.5. The molecule has 1 aliphatic heterocycles. The van der Waals surface area contributed by atoms with Crippen LogP contribution >= 0.6 is 0 Å². The van der Waals surface area contributed by atoms with Gasteiger partial charge in [0.2, 0.25) is 17.6 Å². The number of hydrogen-bond donors (Lipinski definition) is 1. The second-order valence-corrected chi connectivity index (χ2v) is 7.09. The molecule has 8 heteroatoms. The SMILES string of the molecule is CNC(=O)[C@@H]1Cc2ccccc2CN1Cc1nc(-c2ccc(OC)c(OC)c2)no1. The Labute approximate surface area is 174 Å². The lowest BCUT2D eigenvalue weighted by Gasteiger charge is -2.34. The standard InChI is InChI=1S/C22H24N4O4/c1-23-22(27)17-10-14-6-4-5-7-16(14)12-26(17)13-20-24-21(25-30-20)15-8-9-18(28-2)19(11-15)29-3/h4-9,11,17H,10,12-13H2,1-3H3,(H,23,27)/t17-/m0/s1. The zero-order valence-corrected chi connectivity index (χ0v) is 17.2. The van der Waals surface area contributed by atoms with E-state index in [0.29, 0.717) is 42.7 Å². The van der Waals surface area contributed by atoms with Crippen LogP contribution in [0.25, 0.3) is 11.4 Å². The number of rotatable bonds is 6. The van der Waals surface area contributed by atoms with E-state index < -0.39 is 0 Å². The van der Waals surface area contributed by atoms with Gasteiger partial charge in [-0.05, 0) is 35.7 Å². The molecule has 0 radical (unpaired) electrons. The molecule has 8 nitrogen and oxygen atoms in total. The van der Waals surface area contributed by atoms with Gasteiger partial charge in [-0.1, -0.05) is 29.4 Å². The summed E-state index contributed by atoms with van der Waals surface area (Å²) in [6, 6.07) is 13.3. The predicted molar refractivity (Wildman–Crippen MR) is 110 cm³/mol. The molecule has 3 aromatic rings. The van der Waals surface area contributed by atoms with Gasteiger partial charge in [0.15, 0.2) is 11.5 Å². The average Bonchev–Trinajstić information content (AvgIpc) is 3.26. The van der Waals surface area contributed by atoms with Gasteiger partial charge in [-0.2, -0.15) is 4.98 Å². The Bertz CT molecular complexity index is 1050. The van der Waals surface area contributed by atoms with E-state index in [1.54, 1.807) is 33.4 Å². The van der Waals surface area contributed by atoms with Crippen molar-refractivity contribution >= 4 is 5.91 Å². The molecule has 1 N–H and O–H groups in total. The fraction of sp³-hybridized carbons (Fsp3) is 0.318. The van der Waals surface area contributed by atoms with E-state index in [9.17, 15) is 4.79 Å². The molecule has 1 atom stereocenters. The molecule has 4 rings (SSSR count). The zero-order chi connectivity index (χ0) is 21.1. The third-order valence-corrected chi connectivity index (χ3v) is 5.34. The van der Waals surface area contributed by atoms with Crippen molar-refractivity contribution in [2.24, 2.45) is 0 Å². The lowest BCUT2D eigenvalue weighted by Crippen LogP contribution is -2.49. The number of carbonyl (C=O) groups excluding carboxylic acids is 1. The van der Waals surface area contributed by atoms with Gasteiger partial charge in [0.05, 0.1) is 26.8 Å². The summed E-state index contributed by atoms with van der Waals surface area (Å²) >= 11 is 0. The summed E-state index contributed by atoms with van der Waals surface area (Å²) in [5, 5.41) is 6.87. The number of amides is 1. The van der Waals surface area contributed by atoms with Crippen LogP contribution in [-0.4, -0.2) is 48.3 Å². The highest BCUT2D eigenvalue weighted by atomic mass is 16.5. The Hall–Kier alpha value is -3.39. The Balaban J connectivity index is 1.57. The van der Waals surface area contributed by atoms with Crippen molar-refractivity contribution in [2.45, 2.75) is 25.6 Å². The first kappa shape index (κ1) is 19.9. The number of ether oxygens (including phenoxy) is 2. The number of likely N-dealkylation sites (N-methyl/N-ethyl adjacent to an activating group) is 1. The van der Waals surface area contributed by atoms with Crippen LogP contribution in [0.4, 0.5) is 0 Å². The van der Waals surface area contributed by atoms with Crippen LogP contribution < -0.4 is 14.8 Å². The third kappa shape index (κ3) is 3.86. The van der Waals surface area contributed by atoms with E-state index in [1.807, 2.05) is 18.2 Å². The summed E-state index contributed by atoms with van der Waals surface area (Å²) in [6.45, 7) is 1.02. The Kier molecular flexibility index (Phi) is 5.67. The summed E-state index contributed by atoms with van der Waals surface area (Å²) in [4.78, 5) is 19.1. The van der Waals surface area contributed by atoms with Gasteiger partial charge >= 0.3 is 0 Å². The average molecular weight is 408 g/mol. The van der Waals surface area contributed by atoms with Crippen molar-refractivity contribution in [1.29, 1.82) is 0 Å². The normalized spacial score (nSPS) is 16.0. The fourth-order valence-corrected chi connectivity index (χ4v) is 3.75. The molecular weight excluding hydrogens is 384 g/mol. The van der Waals surface area contributed by atoms with Crippen LogP contribution in [0.1, 0.15) is 17.0 Å². The molecule has 30 heavy (non-hydrogen) atoms. The van der Waals surface area contributed by atoms with Crippen LogP contribution in [0.15, 0.2) is 47.0 Å². The monoisotopic (exact) mass is 408 g/mol. The molecule has 0 bridgehead atoms. The lowest BCUT2D eigenvalue weighted by atomic mass is 9.93. The molecule has 0 spiro atoms. The van der Waals surface area contributed by atoms with Crippen molar-refractivity contribution in [1.82, 2.24) is 20.4 Å². The predicted octanol–water partition coefficient (Wildman–Crippen LogP) is 2.43. The van der Waals surface area contributed by atoms with E-state index in [0.717, 1.165) is 5.56 Å². The summed E-state index contributed by atoms with van der Waals surface area (Å²) in [7, 11) is 4.82. The Morgan fingerprint density at radius 3 is 2.67 bits per heavy atom. The second kappa shape index (κ2) is 8.54. The van der Waals surface area contributed by atoms with Crippen LogP contribution in [0.3, 0.4) is 0 Å². The first-order chi connectivity index (χ1) is 14.6. The van der Waals surface area contributed by atoms with Crippen LogP contribution in [0.5, 0.6) is 11.5 Å². The van der Waals surface area contributed by atoms with E-state index in [1.165, 1.54) is 11.1 Å². The minimum atomic E-state index is -0.290. The number of nitrogens with zero attached hydrogens (tertiary/aromatic N) is 3. The smallest absolute Gasteiger partial charge is 0.241 e. The van der Waals surface area contributed by atoms with Crippen molar-refractivity contribution in [2.75, 3.05) is 21.3 Å².